The van der Waals surface area contributed by atoms with Gasteiger partial charge in [0.05, 0.1) is 11.6 Å². The van der Waals surface area contributed by atoms with E-state index < -0.39 is 0 Å². The van der Waals surface area contributed by atoms with Crippen molar-refractivity contribution in [3.05, 3.63) is 59.1 Å². The van der Waals surface area contributed by atoms with Crippen LogP contribution in [0.25, 0.3) is 21.6 Å². The Morgan fingerprint density at radius 1 is 1.06 bits per heavy atom. The second kappa shape index (κ2) is 7.46. The van der Waals surface area contributed by atoms with Crippen LogP contribution < -0.4 is 4.90 Å². The Labute approximate surface area is 183 Å². The molecule has 7 nitrogen and oxygen atoms in total. The number of nitrogens with zero attached hydrogens (tertiary/aromatic N) is 5. The topological polar surface area (TPSA) is 75.4 Å². The predicted molar refractivity (Wildman–Crippen MR) is 119 cm³/mol. The van der Waals surface area contributed by atoms with Crippen LogP contribution in [0.3, 0.4) is 0 Å². The van der Waals surface area contributed by atoms with Crippen LogP contribution in [0.4, 0.5) is 5.82 Å². The van der Waals surface area contributed by atoms with E-state index in [0.29, 0.717) is 24.7 Å². The fourth-order valence-electron chi connectivity index (χ4n) is 4.51. The minimum atomic E-state index is -0.0510. The standard InChI is InChI=1S/C23H21N5O2S/c29-23(17-6-3-13-30-17)28-11-9-27(10-12-28)21-19-16-5-1-7-18(16)31-22(19)26-20(25-21)15-4-2-8-24-14-15/h2-4,6,8,13-14H,1,5,7,9-12H2. The number of carbonyl (C=O) groups is 1. The van der Waals surface area contributed by atoms with Crippen molar-refractivity contribution >= 4 is 33.3 Å². The molecule has 0 N–H and O–H groups in total. The van der Waals surface area contributed by atoms with Gasteiger partial charge in [0.25, 0.3) is 5.91 Å². The van der Waals surface area contributed by atoms with Gasteiger partial charge in [-0.05, 0) is 49.1 Å². The zero-order chi connectivity index (χ0) is 20.8. The Kier molecular flexibility index (Phi) is 4.45. The number of piperazine rings is 1. The molecule has 1 amide bonds. The van der Waals surface area contributed by atoms with E-state index in [2.05, 4.69) is 9.88 Å². The minimum Gasteiger partial charge on any atom is -0.459 e. The number of fused-ring (bicyclic) bond motifs is 3. The number of hydrogen-bond donors (Lipinski definition) is 0. The lowest BCUT2D eigenvalue weighted by molar-refractivity contribution is 0.0714. The van der Waals surface area contributed by atoms with Gasteiger partial charge in [-0.3, -0.25) is 9.78 Å². The molecule has 31 heavy (non-hydrogen) atoms. The molecule has 0 saturated carbocycles. The van der Waals surface area contributed by atoms with E-state index in [4.69, 9.17) is 14.4 Å². The third-order valence-electron chi connectivity index (χ3n) is 6.06. The van der Waals surface area contributed by atoms with Crippen LogP contribution in [0.15, 0.2) is 47.3 Å². The van der Waals surface area contributed by atoms with Crippen LogP contribution in [0, 0.1) is 0 Å². The third kappa shape index (κ3) is 3.18. The highest BCUT2D eigenvalue weighted by Crippen LogP contribution is 2.41. The van der Waals surface area contributed by atoms with Gasteiger partial charge in [0.2, 0.25) is 0 Å². The first-order valence-corrected chi connectivity index (χ1v) is 11.4. The van der Waals surface area contributed by atoms with Crippen LogP contribution in [0.1, 0.15) is 27.4 Å². The van der Waals surface area contributed by atoms with Crippen molar-refractivity contribution in [2.24, 2.45) is 0 Å². The summed E-state index contributed by atoms with van der Waals surface area (Å²) in [5, 5.41) is 1.20. The van der Waals surface area contributed by atoms with Gasteiger partial charge in [0.1, 0.15) is 10.6 Å². The number of aromatic nitrogens is 3. The number of hydrogen-bond acceptors (Lipinski definition) is 7. The molecular weight excluding hydrogens is 410 g/mol. The van der Waals surface area contributed by atoms with Gasteiger partial charge in [0.15, 0.2) is 11.6 Å². The second-order valence-electron chi connectivity index (χ2n) is 7.91. The first-order chi connectivity index (χ1) is 15.3. The molecule has 156 valence electrons. The number of pyridine rings is 1. The molecule has 0 aromatic carbocycles. The number of anilines is 1. The molecular formula is C23H21N5O2S. The highest BCUT2D eigenvalue weighted by Gasteiger charge is 2.29. The van der Waals surface area contributed by atoms with E-state index in [-0.39, 0.29) is 5.91 Å². The van der Waals surface area contributed by atoms with Crippen molar-refractivity contribution in [3.63, 3.8) is 0 Å². The molecule has 0 bridgehead atoms. The summed E-state index contributed by atoms with van der Waals surface area (Å²) in [6.07, 6.45) is 8.53. The van der Waals surface area contributed by atoms with Gasteiger partial charge in [-0.1, -0.05) is 0 Å². The molecule has 2 aliphatic rings. The van der Waals surface area contributed by atoms with Gasteiger partial charge < -0.3 is 14.2 Å². The van der Waals surface area contributed by atoms with E-state index in [1.54, 1.807) is 29.7 Å². The van der Waals surface area contributed by atoms with Gasteiger partial charge in [-0.15, -0.1) is 11.3 Å². The van der Waals surface area contributed by atoms with Gasteiger partial charge in [-0.2, -0.15) is 0 Å². The van der Waals surface area contributed by atoms with Crippen molar-refractivity contribution in [1.29, 1.82) is 0 Å². The fraction of sp³-hybridized carbons (Fsp3) is 0.304. The van der Waals surface area contributed by atoms with Crippen molar-refractivity contribution in [2.75, 3.05) is 31.1 Å². The van der Waals surface area contributed by atoms with Gasteiger partial charge in [0, 0.05) is 49.0 Å². The molecule has 0 unspecified atom stereocenters. The second-order valence-corrected chi connectivity index (χ2v) is 8.99. The largest absolute Gasteiger partial charge is 0.459 e. The van der Waals surface area contributed by atoms with Crippen molar-refractivity contribution < 1.29 is 9.21 Å². The highest BCUT2D eigenvalue weighted by atomic mass is 32.1. The van der Waals surface area contributed by atoms with E-state index in [9.17, 15) is 4.79 Å². The van der Waals surface area contributed by atoms with Crippen LogP contribution >= 0.6 is 11.3 Å². The van der Waals surface area contributed by atoms with Crippen LogP contribution in [0.2, 0.25) is 0 Å². The van der Waals surface area contributed by atoms with Crippen molar-refractivity contribution in [3.8, 4) is 11.4 Å². The lowest BCUT2D eigenvalue weighted by atomic mass is 10.1. The number of furan rings is 1. The molecule has 0 radical (unpaired) electrons. The minimum absolute atomic E-state index is 0.0510. The summed E-state index contributed by atoms with van der Waals surface area (Å²) in [6, 6.07) is 7.38. The Balaban J connectivity index is 1.36. The van der Waals surface area contributed by atoms with Gasteiger partial charge >= 0.3 is 0 Å². The van der Waals surface area contributed by atoms with E-state index in [1.807, 2.05) is 23.2 Å². The van der Waals surface area contributed by atoms with E-state index >= 15 is 0 Å². The SMILES string of the molecule is O=C(c1ccco1)N1CCN(c2nc(-c3cccnc3)nc3sc4c(c23)CCC4)CC1. The Bertz CT molecular complexity index is 1240. The zero-order valence-electron chi connectivity index (χ0n) is 17.0. The number of carbonyl (C=O) groups excluding carboxylic acids is 1. The first-order valence-electron chi connectivity index (χ1n) is 10.6. The number of rotatable bonds is 3. The molecule has 1 saturated heterocycles. The molecule has 4 aromatic heterocycles. The summed E-state index contributed by atoms with van der Waals surface area (Å²) in [5.74, 6) is 2.05. The maximum absolute atomic E-state index is 12.7. The zero-order valence-corrected chi connectivity index (χ0v) is 17.8. The number of aryl methyl sites for hydroxylation is 2. The van der Waals surface area contributed by atoms with E-state index in [1.165, 1.54) is 28.5 Å². The van der Waals surface area contributed by atoms with Gasteiger partial charge in [-0.25, -0.2) is 9.97 Å². The molecule has 5 heterocycles. The molecule has 4 aromatic rings. The van der Waals surface area contributed by atoms with Crippen LogP contribution in [-0.4, -0.2) is 51.9 Å². The number of thiophene rings is 1. The lowest BCUT2D eigenvalue weighted by Gasteiger charge is -2.35. The smallest absolute Gasteiger partial charge is 0.289 e. The third-order valence-corrected chi connectivity index (χ3v) is 7.25. The predicted octanol–water partition coefficient (Wildman–Crippen LogP) is 3.80. The molecule has 1 aliphatic heterocycles. The molecule has 0 spiro atoms. The van der Waals surface area contributed by atoms with Crippen LogP contribution in [-0.2, 0) is 12.8 Å². The highest BCUT2D eigenvalue weighted by molar-refractivity contribution is 7.19. The summed E-state index contributed by atoms with van der Waals surface area (Å²) < 4.78 is 5.29. The average Bonchev–Trinajstić information content (AvgIpc) is 3.56. The summed E-state index contributed by atoms with van der Waals surface area (Å²) in [4.78, 5) is 33.5. The molecule has 6 rings (SSSR count). The Hall–Kier alpha value is -3.26. The maximum atomic E-state index is 12.7. The van der Waals surface area contributed by atoms with E-state index in [0.717, 1.165) is 42.1 Å². The molecule has 8 heteroatoms. The summed E-state index contributed by atoms with van der Waals surface area (Å²) in [7, 11) is 0. The molecule has 1 aliphatic carbocycles. The first kappa shape index (κ1) is 18.5. The van der Waals surface area contributed by atoms with Crippen molar-refractivity contribution in [1.82, 2.24) is 19.9 Å². The van der Waals surface area contributed by atoms with Crippen molar-refractivity contribution in [2.45, 2.75) is 19.3 Å². The summed E-state index contributed by atoms with van der Waals surface area (Å²) in [6.45, 7) is 2.74. The number of amides is 1. The van der Waals surface area contributed by atoms with Crippen LogP contribution in [0.5, 0.6) is 0 Å². The molecule has 0 atom stereocenters. The average molecular weight is 432 g/mol. The monoisotopic (exact) mass is 431 g/mol. The summed E-state index contributed by atoms with van der Waals surface area (Å²) in [5.41, 5.74) is 2.34. The quantitative estimate of drug-likeness (QED) is 0.491. The lowest BCUT2D eigenvalue weighted by Crippen LogP contribution is -2.49. The maximum Gasteiger partial charge on any atom is 0.289 e. The molecule has 1 fully saturated rings. The fourth-order valence-corrected chi connectivity index (χ4v) is 5.76. The Morgan fingerprint density at radius 2 is 1.97 bits per heavy atom. The summed E-state index contributed by atoms with van der Waals surface area (Å²) >= 11 is 1.80. The Morgan fingerprint density at radius 3 is 2.74 bits per heavy atom. The normalized spacial score (nSPS) is 16.1.